The van der Waals surface area contributed by atoms with Gasteiger partial charge in [-0.3, -0.25) is 9.78 Å². The lowest BCUT2D eigenvalue weighted by molar-refractivity contribution is -0.118. The fourth-order valence-electron chi connectivity index (χ4n) is 4.35. The van der Waals surface area contributed by atoms with Crippen molar-refractivity contribution in [2.24, 2.45) is 0 Å². The van der Waals surface area contributed by atoms with Crippen LogP contribution < -0.4 is 25.4 Å². The van der Waals surface area contributed by atoms with Gasteiger partial charge in [0, 0.05) is 36.8 Å². The van der Waals surface area contributed by atoms with Gasteiger partial charge in [0.05, 0.1) is 30.7 Å². The summed E-state index contributed by atoms with van der Waals surface area (Å²) in [6.45, 7) is 0.901. The summed E-state index contributed by atoms with van der Waals surface area (Å²) in [7, 11) is 1.54. The summed E-state index contributed by atoms with van der Waals surface area (Å²) in [5, 5.41) is 9.69. The largest absolute Gasteiger partial charge is 0.481 e. The van der Waals surface area contributed by atoms with E-state index in [1.54, 1.807) is 18.3 Å². The molecule has 1 saturated carbocycles. The molecular weight excluding hydrogens is 441 g/mol. The number of fused-ring (bicyclic) bond motifs is 2. The predicted octanol–water partition coefficient (Wildman–Crippen LogP) is 2.09. The van der Waals surface area contributed by atoms with Crippen LogP contribution >= 0.6 is 0 Å². The van der Waals surface area contributed by atoms with Gasteiger partial charge in [-0.25, -0.2) is 19.3 Å². The van der Waals surface area contributed by atoms with E-state index >= 15 is 0 Å². The van der Waals surface area contributed by atoms with Crippen molar-refractivity contribution in [3.8, 4) is 11.8 Å². The van der Waals surface area contributed by atoms with Crippen LogP contribution in [-0.2, 0) is 17.9 Å². The minimum Gasteiger partial charge on any atom is -0.481 e. The number of anilines is 1. The van der Waals surface area contributed by atoms with Crippen molar-refractivity contribution in [1.29, 1.82) is 0 Å². The van der Waals surface area contributed by atoms with Gasteiger partial charge in [0.1, 0.15) is 11.3 Å². The van der Waals surface area contributed by atoms with Gasteiger partial charge in [-0.15, -0.1) is 0 Å². The Hall–Kier alpha value is -3.44. The zero-order valence-electron chi connectivity index (χ0n) is 18.8. The number of amides is 1. The maximum Gasteiger partial charge on any atom is 0.263 e. The Bertz CT molecular complexity index is 1200. The van der Waals surface area contributed by atoms with Gasteiger partial charge in [0.15, 0.2) is 12.4 Å². The van der Waals surface area contributed by atoms with Crippen LogP contribution in [0.3, 0.4) is 0 Å². The number of methoxy groups -OCH3 is 1. The van der Waals surface area contributed by atoms with E-state index in [2.05, 4.69) is 35.9 Å². The van der Waals surface area contributed by atoms with E-state index in [4.69, 9.17) is 9.47 Å². The second-order valence-corrected chi connectivity index (χ2v) is 8.47. The van der Waals surface area contributed by atoms with Gasteiger partial charge in [-0.2, -0.15) is 0 Å². The molecule has 34 heavy (non-hydrogen) atoms. The van der Waals surface area contributed by atoms with E-state index in [1.165, 1.54) is 13.3 Å². The van der Waals surface area contributed by atoms with Crippen LogP contribution in [0.2, 0.25) is 0 Å². The SMILES string of the molecule is COc1ccc2ncc(F)c(CNC3CCC(NCc4cnc5c(n4)NC(=O)CO5)CC3)c2n1. The number of nitrogens with one attached hydrogen (secondary N) is 3. The molecule has 3 N–H and O–H groups in total. The minimum atomic E-state index is -0.371. The number of hydrogen-bond acceptors (Lipinski definition) is 9. The molecule has 5 rings (SSSR count). The molecule has 2 aliphatic rings. The van der Waals surface area contributed by atoms with Gasteiger partial charge in [-0.05, 0) is 31.7 Å². The first kappa shape index (κ1) is 22.4. The molecule has 0 unspecified atom stereocenters. The van der Waals surface area contributed by atoms with Crippen LogP contribution in [0.1, 0.15) is 36.9 Å². The molecule has 1 aliphatic carbocycles. The fourth-order valence-corrected chi connectivity index (χ4v) is 4.35. The number of carbonyl (C=O) groups excluding carboxylic acids is 1. The summed E-state index contributed by atoms with van der Waals surface area (Å²) in [6.07, 6.45) is 6.82. The lowest BCUT2D eigenvalue weighted by atomic mass is 9.91. The molecule has 0 radical (unpaired) electrons. The number of aromatic nitrogens is 4. The Morgan fingerprint density at radius 3 is 2.62 bits per heavy atom. The summed E-state index contributed by atoms with van der Waals surface area (Å²) < 4.78 is 25.0. The van der Waals surface area contributed by atoms with Crippen LogP contribution in [0.5, 0.6) is 11.8 Å². The molecule has 1 aliphatic heterocycles. The molecule has 0 aromatic carbocycles. The van der Waals surface area contributed by atoms with Crippen molar-refractivity contribution in [2.75, 3.05) is 19.0 Å². The summed E-state index contributed by atoms with van der Waals surface area (Å²) in [6, 6.07) is 4.15. The Balaban J connectivity index is 1.13. The maximum absolute atomic E-state index is 14.5. The molecule has 0 saturated heterocycles. The summed E-state index contributed by atoms with van der Waals surface area (Å²) in [5.74, 6) is 0.552. The van der Waals surface area contributed by atoms with Crippen LogP contribution in [0.4, 0.5) is 10.2 Å². The Labute approximate surface area is 195 Å². The molecule has 178 valence electrons. The standard InChI is InChI=1S/C23H26FN7O3/c1-33-20-7-6-18-21(31-20)16(17(24)11-27-18)10-26-14-4-2-13(3-5-14)25-8-15-9-28-23-22(29-15)30-19(32)12-34-23/h6-7,9,11,13-14,25-26H,2-5,8,10,12H2,1H3,(H,29,30,32). The molecule has 0 spiro atoms. The summed E-state index contributed by atoms with van der Waals surface area (Å²) in [4.78, 5) is 28.6. The van der Waals surface area contributed by atoms with E-state index in [0.717, 1.165) is 31.4 Å². The lowest BCUT2D eigenvalue weighted by Crippen LogP contribution is -2.39. The average molecular weight is 468 g/mol. The number of pyridine rings is 2. The Kier molecular flexibility index (Phi) is 6.45. The molecule has 1 amide bonds. The van der Waals surface area contributed by atoms with E-state index in [1.807, 2.05) is 0 Å². The highest BCUT2D eigenvalue weighted by Crippen LogP contribution is 2.24. The third kappa shape index (κ3) is 4.90. The first-order valence-electron chi connectivity index (χ1n) is 11.3. The molecule has 3 aromatic rings. The van der Waals surface area contributed by atoms with Crippen molar-refractivity contribution >= 4 is 22.8 Å². The van der Waals surface area contributed by atoms with Crippen molar-refractivity contribution < 1.29 is 18.7 Å². The van der Waals surface area contributed by atoms with Crippen LogP contribution in [0, 0.1) is 5.82 Å². The lowest BCUT2D eigenvalue weighted by Gasteiger charge is -2.30. The normalized spacial score (nSPS) is 19.9. The van der Waals surface area contributed by atoms with Gasteiger partial charge in [0.25, 0.3) is 11.8 Å². The zero-order valence-corrected chi connectivity index (χ0v) is 18.8. The maximum atomic E-state index is 14.5. The third-order valence-corrected chi connectivity index (χ3v) is 6.20. The van der Waals surface area contributed by atoms with Crippen molar-refractivity contribution in [1.82, 2.24) is 30.6 Å². The first-order chi connectivity index (χ1) is 16.6. The fraction of sp³-hybridized carbons (Fsp3) is 0.435. The molecule has 11 heteroatoms. The Morgan fingerprint density at radius 2 is 1.85 bits per heavy atom. The van der Waals surface area contributed by atoms with E-state index in [0.29, 0.717) is 59.3 Å². The molecule has 0 bridgehead atoms. The van der Waals surface area contributed by atoms with Crippen LogP contribution in [-0.4, -0.2) is 51.6 Å². The van der Waals surface area contributed by atoms with Gasteiger partial charge >= 0.3 is 0 Å². The van der Waals surface area contributed by atoms with Crippen molar-refractivity contribution in [2.45, 2.75) is 50.9 Å². The van der Waals surface area contributed by atoms with Crippen LogP contribution in [0.25, 0.3) is 11.0 Å². The van der Waals surface area contributed by atoms with E-state index in [9.17, 15) is 9.18 Å². The topological polar surface area (TPSA) is 123 Å². The molecule has 10 nitrogen and oxygen atoms in total. The highest BCUT2D eigenvalue weighted by molar-refractivity contribution is 5.93. The van der Waals surface area contributed by atoms with E-state index < -0.39 is 0 Å². The second-order valence-electron chi connectivity index (χ2n) is 8.47. The number of rotatable bonds is 7. The molecule has 0 atom stereocenters. The molecule has 1 fully saturated rings. The minimum absolute atomic E-state index is 0.0364. The third-order valence-electron chi connectivity index (χ3n) is 6.20. The Morgan fingerprint density at radius 1 is 1.09 bits per heavy atom. The number of carbonyl (C=O) groups is 1. The summed E-state index contributed by atoms with van der Waals surface area (Å²) >= 11 is 0. The highest BCUT2D eigenvalue weighted by Gasteiger charge is 2.23. The van der Waals surface area contributed by atoms with Crippen LogP contribution in [0.15, 0.2) is 24.5 Å². The van der Waals surface area contributed by atoms with Gasteiger partial charge in [0.2, 0.25) is 5.88 Å². The quantitative estimate of drug-likeness (QED) is 0.479. The predicted molar refractivity (Wildman–Crippen MR) is 122 cm³/mol. The molecule has 4 heterocycles. The highest BCUT2D eigenvalue weighted by atomic mass is 19.1. The monoisotopic (exact) mass is 467 g/mol. The van der Waals surface area contributed by atoms with E-state index in [-0.39, 0.29) is 18.3 Å². The van der Waals surface area contributed by atoms with Crippen molar-refractivity contribution in [3.63, 3.8) is 0 Å². The van der Waals surface area contributed by atoms with Crippen molar-refractivity contribution in [3.05, 3.63) is 41.6 Å². The average Bonchev–Trinajstić information content (AvgIpc) is 2.87. The number of hydrogen-bond donors (Lipinski definition) is 3. The zero-order chi connectivity index (χ0) is 23.5. The smallest absolute Gasteiger partial charge is 0.263 e. The second kappa shape index (κ2) is 9.82. The molecule has 3 aromatic heterocycles. The van der Waals surface area contributed by atoms with Gasteiger partial charge < -0.3 is 25.4 Å². The summed E-state index contributed by atoms with van der Waals surface area (Å²) in [5.41, 5.74) is 2.41. The first-order valence-corrected chi connectivity index (χ1v) is 11.3. The number of halogens is 1. The number of ether oxygens (including phenoxy) is 2. The number of nitrogens with zero attached hydrogens (tertiary/aromatic N) is 4. The molecular formula is C23H26FN7O3. The van der Waals surface area contributed by atoms with Gasteiger partial charge in [-0.1, -0.05) is 0 Å².